The van der Waals surface area contributed by atoms with E-state index in [0.29, 0.717) is 11.8 Å². The van der Waals surface area contributed by atoms with Crippen molar-refractivity contribution in [3.8, 4) is 5.75 Å². The molecule has 0 bridgehead atoms. The van der Waals surface area contributed by atoms with E-state index in [0.717, 1.165) is 18.5 Å². The first-order valence-electron chi connectivity index (χ1n) is 6.40. The lowest BCUT2D eigenvalue weighted by Crippen LogP contribution is -2.88. The molecule has 2 rings (SSSR count). The minimum absolute atomic E-state index is 0.390. The lowest BCUT2D eigenvalue weighted by molar-refractivity contribution is -0.701. The van der Waals surface area contributed by atoms with Crippen LogP contribution in [-0.2, 0) is 13.0 Å². The van der Waals surface area contributed by atoms with Gasteiger partial charge in [-0.25, -0.2) is 0 Å². The summed E-state index contributed by atoms with van der Waals surface area (Å²) >= 11 is 0. The van der Waals surface area contributed by atoms with Crippen molar-refractivity contribution in [1.29, 1.82) is 0 Å². The highest BCUT2D eigenvalue weighted by Gasteiger charge is 2.08. The second kappa shape index (κ2) is 6.22. The molecule has 1 unspecified atom stereocenters. The van der Waals surface area contributed by atoms with E-state index in [4.69, 9.17) is 0 Å². The molecule has 2 nitrogen and oxygen atoms in total. The SMILES string of the molecule is CC(Cc1ccccc1)[NH2+]Cc1ccccc1O. The molecule has 2 aromatic rings. The number of aromatic hydroxyl groups is 1. The van der Waals surface area contributed by atoms with Gasteiger partial charge in [0.05, 0.1) is 6.04 Å². The molecule has 0 fully saturated rings. The lowest BCUT2D eigenvalue weighted by Gasteiger charge is -2.11. The molecule has 0 amide bonds. The number of hydrogen-bond donors (Lipinski definition) is 2. The van der Waals surface area contributed by atoms with Gasteiger partial charge in [-0.3, -0.25) is 0 Å². The van der Waals surface area contributed by atoms with Crippen LogP contribution in [0.3, 0.4) is 0 Å². The predicted octanol–water partition coefficient (Wildman–Crippen LogP) is 2.09. The van der Waals surface area contributed by atoms with Gasteiger partial charge in [-0.2, -0.15) is 0 Å². The Balaban J connectivity index is 1.86. The molecular formula is C16H20NO+. The fourth-order valence-corrected chi connectivity index (χ4v) is 2.08. The Bertz CT molecular complexity index is 481. The standard InChI is InChI=1S/C16H19NO/c1-13(11-14-7-3-2-4-8-14)17-12-15-9-5-6-10-16(15)18/h2-10,13,17-18H,11-12H2,1H3/p+1. The van der Waals surface area contributed by atoms with Gasteiger partial charge < -0.3 is 10.4 Å². The first-order chi connectivity index (χ1) is 8.75. The first kappa shape index (κ1) is 12.7. The number of phenols is 1. The van der Waals surface area contributed by atoms with E-state index in [2.05, 4.69) is 36.5 Å². The Hall–Kier alpha value is -1.80. The third-order valence-corrected chi connectivity index (χ3v) is 3.13. The Morgan fingerprint density at radius 2 is 1.67 bits per heavy atom. The van der Waals surface area contributed by atoms with E-state index < -0.39 is 0 Å². The number of phenolic OH excluding ortho intramolecular Hbond substituents is 1. The van der Waals surface area contributed by atoms with E-state index in [9.17, 15) is 5.11 Å². The predicted molar refractivity (Wildman–Crippen MR) is 73.3 cm³/mol. The Kier molecular flexibility index (Phi) is 4.37. The molecule has 2 heteroatoms. The average Bonchev–Trinajstić information content (AvgIpc) is 2.39. The van der Waals surface area contributed by atoms with Gasteiger partial charge in [-0.15, -0.1) is 0 Å². The van der Waals surface area contributed by atoms with Crippen LogP contribution in [0.4, 0.5) is 0 Å². The van der Waals surface area contributed by atoms with Crippen molar-refractivity contribution in [2.45, 2.75) is 25.9 Å². The second-order valence-electron chi connectivity index (χ2n) is 4.74. The summed E-state index contributed by atoms with van der Waals surface area (Å²) < 4.78 is 0. The molecule has 0 aliphatic rings. The molecule has 18 heavy (non-hydrogen) atoms. The van der Waals surface area contributed by atoms with Gasteiger partial charge >= 0.3 is 0 Å². The number of hydrogen-bond acceptors (Lipinski definition) is 1. The summed E-state index contributed by atoms with van der Waals surface area (Å²) in [4.78, 5) is 0. The highest BCUT2D eigenvalue weighted by atomic mass is 16.3. The van der Waals surface area contributed by atoms with Crippen LogP contribution in [0.1, 0.15) is 18.1 Å². The summed E-state index contributed by atoms with van der Waals surface area (Å²) in [6.45, 7) is 3.04. The maximum absolute atomic E-state index is 9.69. The van der Waals surface area contributed by atoms with Gasteiger partial charge in [0.2, 0.25) is 0 Å². The summed E-state index contributed by atoms with van der Waals surface area (Å²) in [5, 5.41) is 12.0. The lowest BCUT2D eigenvalue weighted by atomic mass is 10.1. The highest BCUT2D eigenvalue weighted by Crippen LogP contribution is 2.13. The van der Waals surface area contributed by atoms with Crippen LogP contribution in [-0.4, -0.2) is 11.1 Å². The van der Waals surface area contributed by atoms with Gasteiger partial charge in [0, 0.05) is 12.0 Å². The van der Waals surface area contributed by atoms with Gasteiger partial charge in [-0.1, -0.05) is 42.5 Å². The molecule has 2 aromatic carbocycles. The monoisotopic (exact) mass is 242 g/mol. The molecular weight excluding hydrogens is 222 g/mol. The van der Waals surface area contributed by atoms with E-state index >= 15 is 0 Å². The molecule has 0 aromatic heterocycles. The van der Waals surface area contributed by atoms with Crippen LogP contribution in [0.5, 0.6) is 5.75 Å². The molecule has 0 saturated heterocycles. The average molecular weight is 242 g/mol. The fraction of sp³-hybridized carbons (Fsp3) is 0.250. The Labute approximate surface area is 108 Å². The van der Waals surface area contributed by atoms with Crippen molar-refractivity contribution < 1.29 is 10.4 Å². The van der Waals surface area contributed by atoms with Crippen molar-refractivity contribution in [2.75, 3.05) is 0 Å². The zero-order chi connectivity index (χ0) is 12.8. The largest absolute Gasteiger partial charge is 0.507 e. The molecule has 3 N–H and O–H groups in total. The van der Waals surface area contributed by atoms with Crippen LogP contribution < -0.4 is 5.32 Å². The zero-order valence-electron chi connectivity index (χ0n) is 10.7. The number of para-hydroxylation sites is 1. The smallest absolute Gasteiger partial charge is 0.124 e. The van der Waals surface area contributed by atoms with Crippen LogP contribution in [0.25, 0.3) is 0 Å². The van der Waals surface area contributed by atoms with Crippen LogP contribution in [0, 0.1) is 0 Å². The summed E-state index contributed by atoms with van der Waals surface area (Å²) in [5.74, 6) is 0.390. The topological polar surface area (TPSA) is 36.8 Å². The first-order valence-corrected chi connectivity index (χ1v) is 6.40. The summed E-state index contributed by atoms with van der Waals surface area (Å²) in [7, 11) is 0. The van der Waals surface area contributed by atoms with E-state index in [-0.39, 0.29) is 0 Å². The van der Waals surface area contributed by atoms with Crippen molar-refractivity contribution in [3.05, 3.63) is 65.7 Å². The van der Waals surface area contributed by atoms with Crippen molar-refractivity contribution >= 4 is 0 Å². The molecule has 1 atom stereocenters. The fourth-order valence-electron chi connectivity index (χ4n) is 2.08. The third kappa shape index (κ3) is 3.60. The Morgan fingerprint density at radius 3 is 2.39 bits per heavy atom. The normalized spacial score (nSPS) is 12.3. The van der Waals surface area contributed by atoms with E-state index in [1.165, 1.54) is 5.56 Å². The van der Waals surface area contributed by atoms with Crippen molar-refractivity contribution in [2.24, 2.45) is 0 Å². The minimum Gasteiger partial charge on any atom is -0.507 e. The quantitative estimate of drug-likeness (QED) is 0.827. The molecule has 0 saturated carbocycles. The number of quaternary nitrogens is 1. The van der Waals surface area contributed by atoms with Crippen LogP contribution in [0.15, 0.2) is 54.6 Å². The summed E-state index contributed by atoms with van der Waals surface area (Å²) in [6.07, 6.45) is 1.05. The molecule has 0 radical (unpaired) electrons. The third-order valence-electron chi connectivity index (χ3n) is 3.13. The van der Waals surface area contributed by atoms with Gasteiger partial charge in [0.25, 0.3) is 0 Å². The van der Waals surface area contributed by atoms with Crippen LogP contribution in [0.2, 0.25) is 0 Å². The zero-order valence-corrected chi connectivity index (χ0v) is 10.7. The van der Waals surface area contributed by atoms with E-state index in [1.54, 1.807) is 6.07 Å². The van der Waals surface area contributed by atoms with Gasteiger partial charge in [0.1, 0.15) is 12.3 Å². The summed E-state index contributed by atoms with van der Waals surface area (Å²) in [6, 6.07) is 18.5. The molecule has 0 aliphatic heterocycles. The molecule has 0 aliphatic carbocycles. The van der Waals surface area contributed by atoms with E-state index in [1.807, 2.05) is 24.3 Å². The number of nitrogens with two attached hydrogens (primary N) is 1. The minimum atomic E-state index is 0.390. The maximum atomic E-state index is 9.69. The maximum Gasteiger partial charge on any atom is 0.124 e. The highest BCUT2D eigenvalue weighted by molar-refractivity contribution is 5.30. The second-order valence-corrected chi connectivity index (χ2v) is 4.74. The molecule has 0 heterocycles. The van der Waals surface area contributed by atoms with Crippen molar-refractivity contribution in [1.82, 2.24) is 0 Å². The van der Waals surface area contributed by atoms with Gasteiger partial charge in [0.15, 0.2) is 0 Å². The van der Waals surface area contributed by atoms with Crippen LogP contribution >= 0.6 is 0 Å². The molecule has 94 valence electrons. The van der Waals surface area contributed by atoms with Crippen molar-refractivity contribution in [3.63, 3.8) is 0 Å². The van der Waals surface area contributed by atoms with Gasteiger partial charge in [-0.05, 0) is 24.6 Å². The summed E-state index contributed by atoms with van der Waals surface area (Å²) in [5.41, 5.74) is 2.36. The number of rotatable bonds is 5. The molecule has 0 spiro atoms. The Morgan fingerprint density at radius 1 is 1.00 bits per heavy atom. The number of benzene rings is 2.